The zero-order chi connectivity index (χ0) is 18.5. The van der Waals surface area contributed by atoms with Crippen LogP contribution in [0.5, 0.6) is 11.5 Å². The van der Waals surface area contributed by atoms with Crippen molar-refractivity contribution in [3.05, 3.63) is 30.0 Å². The Labute approximate surface area is 152 Å². The van der Waals surface area contributed by atoms with Gasteiger partial charge >= 0.3 is 0 Å². The smallest absolute Gasteiger partial charge is 0.219 e. The summed E-state index contributed by atoms with van der Waals surface area (Å²) in [5, 5.41) is 4.11. The van der Waals surface area contributed by atoms with Crippen LogP contribution >= 0.6 is 0 Å². The average Bonchev–Trinajstić information content (AvgIpc) is 3.32. The van der Waals surface area contributed by atoms with E-state index in [-0.39, 0.29) is 12.0 Å². The Bertz CT molecular complexity index is 752. The Kier molecular flexibility index (Phi) is 5.78. The van der Waals surface area contributed by atoms with Gasteiger partial charge in [-0.15, -0.1) is 0 Å². The van der Waals surface area contributed by atoms with Gasteiger partial charge in [-0.05, 0) is 31.0 Å². The summed E-state index contributed by atoms with van der Waals surface area (Å²) in [5.41, 5.74) is 1.43. The number of hydrogen-bond donors (Lipinski definition) is 0. The molecule has 2 heterocycles. The first-order chi connectivity index (χ1) is 12.6. The zero-order valence-corrected chi connectivity index (χ0v) is 15.4. The van der Waals surface area contributed by atoms with Crippen LogP contribution < -0.4 is 9.47 Å². The Morgan fingerprint density at radius 1 is 1.31 bits per heavy atom. The Morgan fingerprint density at radius 3 is 2.81 bits per heavy atom. The molecule has 0 unspecified atom stereocenters. The van der Waals surface area contributed by atoms with Gasteiger partial charge in [0, 0.05) is 26.1 Å². The van der Waals surface area contributed by atoms with E-state index in [1.54, 1.807) is 26.0 Å². The lowest BCUT2D eigenvalue weighted by Gasteiger charge is -2.23. The molecule has 140 valence electrons. The second-order valence-corrected chi connectivity index (χ2v) is 6.28. The molecule has 0 N–H and O–H groups in total. The fourth-order valence-corrected chi connectivity index (χ4v) is 3.05. The second kappa shape index (κ2) is 8.23. The molecule has 1 saturated heterocycles. The van der Waals surface area contributed by atoms with Crippen molar-refractivity contribution in [2.45, 2.75) is 32.4 Å². The average molecular weight is 360 g/mol. The van der Waals surface area contributed by atoms with Crippen molar-refractivity contribution < 1.29 is 23.5 Å². The molecule has 0 spiro atoms. The van der Waals surface area contributed by atoms with Crippen LogP contribution in [0.2, 0.25) is 0 Å². The summed E-state index contributed by atoms with van der Waals surface area (Å²) in [6.45, 7) is 3.27. The van der Waals surface area contributed by atoms with Gasteiger partial charge in [-0.2, -0.15) is 0 Å². The maximum atomic E-state index is 12.0. The molecule has 1 aliphatic heterocycles. The molecule has 1 atom stereocenters. The van der Waals surface area contributed by atoms with E-state index in [9.17, 15) is 4.79 Å². The zero-order valence-electron chi connectivity index (χ0n) is 15.4. The van der Waals surface area contributed by atoms with E-state index in [0.29, 0.717) is 36.0 Å². The Hall–Kier alpha value is -2.54. The molecule has 2 aromatic rings. The van der Waals surface area contributed by atoms with Gasteiger partial charge in [0.25, 0.3) is 0 Å². The van der Waals surface area contributed by atoms with Crippen molar-refractivity contribution in [3.63, 3.8) is 0 Å². The molecule has 7 heteroatoms. The molecule has 1 aromatic heterocycles. The lowest BCUT2D eigenvalue weighted by atomic mass is 10.1. The van der Waals surface area contributed by atoms with Gasteiger partial charge in [0.1, 0.15) is 17.2 Å². The molecular formula is C19H24N2O5. The van der Waals surface area contributed by atoms with Crippen LogP contribution in [-0.4, -0.2) is 49.4 Å². The number of carbonyl (C=O) groups excluding carboxylic acids is 1. The molecule has 3 rings (SSSR count). The lowest BCUT2D eigenvalue weighted by Crippen LogP contribution is -2.35. The van der Waals surface area contributed by atoms with Crippen molar-refractivity contribution in [3.8, 4) is 22.8 Å². The van der Waals surface area contributed by atoms with Crippen LogP contribution in [0.3, 0.4) is 0 Å². The van der Waals surface area contributed by atoms with Crippen LogP contribution in [-0.2, 0) is 16.1 Å². The van der Waals surface area contributed by atoms with Gasteiger partial charge < -0.3 is 23.6 Å². The number of benzene rings is 1. The van der Waals surface area contributed by atoms with E-state index >= 15 is 0 Å². The molecule has 0 radical (unpaired) electrons. The molecule has 1 aromatic carbocycles. The number of carbonyl (C=O) groups is 1. The van der Waals surface area contributed by atoms with Crippen molar-refractivity contribution in [1.29, 1.82) is 0 Å². The van der Waals surface area contributed by atoms with Crippen molar-refractivity contribution >= 4 is 5.91 Å². The minimum Gasteiger partial charge on any atom is -0.497 e. The molecule has 1 amide bonds. The van der Waals surface area contributed by atoms with E-state index < -0.39 is 0 Å². The molecular weight excluding hydrogens is 336 g/mol. The summed E-state index contributed by atoms with van der Waals surface area (Å²) in [5.74, 6) is 1.92. The van der Waals surface area contributed by atoms with E-state index in [4.69, 9.17) is 18.7 Å². The number of amides is 1. The summed E-state index contributed by atoms with van der Waals surface area (Å²) < 4.78 is 21.8. The second-order valence-electron chi connectivity index (χ2n) is 6.28. The van der Waals surface area contributed by atoms with Gasteiger partial charge in [0.05, 0.1) is 32.4 Å². The highest BCUT2D eigenvalue weighted by Gasteiger charge is 2.22. The third-order valence-corrected chi connectivity index (χ3v) is 4.48. The van der Waals surface area contributed by atoms with E-state index in [2.05, 4.69) is 5.16 Å². The number of aromatic nitrogens is 1. The highest BCUT2D eigenvalue weighted by molar-refractivity contribution is 5.73. The maximum absolute atomic E-state index is 12.0. The van der Waals surface area contributed by atoms with Crippen LogP contribution in [0.15, 0.2) is 28.8 Å². The third-order valence-electron chi connectivity index (χ3n) is 4.48. The van der Waals surface area contributed by atoms with Crippen LogP contribution in [0.25, 0.3) is 11.3 Å². The summed E-state index contributed by atoms with van der Waals surface area (Å²) in [6.07, 6.45) is 2.12. The van der Waals surface area contributed by atoms with Crippen molar-refractivity contribution in [2.24, 2.45) is 0 Å². The first-order valence-corrected chi connectivity index (χ1v) is 8.66. The largest absolute Gasteiger partial charge is 0.497 e. The molecule has 26 heavy (non-hydrogen) atoms. The Morgan fingerprint density at radius 2 is 2.15 bits per heavy atom. The number of nitrogens with zero attached hydrogens (tertiary/aromatic N) is 2. The van der Waals surface area contributed by atoms with Crippen LogP contribution in [0.1, 0.15) is 25.5 Å². The molecule has 7 nitrogen and oxygen atoms in total. The lowest BCUT2D eigenvalue weighted by molar-refractivity contribution is -0.131. The van der Waals surface area contributed by atoms with Gasteiger partial charge in [0.15, 0.2) is 5.76 Å². The van der Waals surface area contributed by atoms with Gasteiger partial charge in [-0.3, -0.25) is 4.79 Å². The van der Waals surface area contributed by atoms with Crippen molar-refractivity contribution in [2.75, 3.05) is 27.4 Å². The van der Waals surface area contributed by atoms with Crippen LogP contribution in [0, 0.1) is 0 Å². The first kappa shape index (κ1) is 18.3. The van der Waals surface area contributed by atoms with Gasteiger partial charge in [-0.1, -0.05) is 5.16 Å². The predicted octanol–water partition coefficient (Wildman–Crippen LogP) is 2.89. The number of rotatable bonds is 7. The topological polar surface area (TPSA) is 74.0 Å². The maximum Gasteiger partial charge on any atom is 0.219 e. The minimum absolute atomic E-state index is 0.0102. The molecule has 1 fully saturated rings. The molecule has 0 bridgehead atoms. The highest BCUT2D eigenvalue weighted by atomic mass is 16.5. The number of hydrogen-bond acceptors (Lipinski definition) is 6. The highest BCUT2D eigenvalue weighted by Crippen LogP contribution is 2.34. The van der Waals surface area contributed by atoms with Gasteiger partial charge in [-0.25, -0.2) is 0 Å². The third kappa shape index (κ3) is 4.16. The normalized spacial score (nSPS) is 16.5. The summed E-state index contributed by atoms with van der Waals surface area (Å²) in [7, 11) is 3.20. The summed E-state index contributed by atoms with van der Waals surface area (Å²) >= 11 is 0. The Balaban J connectivity index is 1.77. The first-order valence-electron chi connectivity index (χ1n) is 8.66. The molecule has 1 aliphatic rings. The number of ether oxygens (including phenoxy) is 3. The SMILES string of the molecule is COc1ccc(OC)c(-c2cc(CN(C[C@H]3CCCO3)C(C)=O)no2)c1. The summed E-state index contributed by atoms with van der Waals surface area (Å²) in [6, 6.07) is 7.29. The van der Waals surface area contributed by atoms with E-state index in [1.165, 1.54) is 0 Å². The van der Waals surface area contributed by atoms with Crippen LogP contribution in [0.4, 0.5) is 0 Å². The van der Waals surface area contributed by atoms with Gasteiger partial charge in [0.2, 0.25) is 5.91 Å². The summed E-state index contributed by atoms with van der Waals surface area (Å²) in [4.78, 5) is 13.7. The fourth-order valence-electron chi connectivity index (χ4n) is 3.05. The number of methoxy groups -OCH3 is 2. The standard InChI is InChI=1S/C19H24N2O5/c1-13(22)21(12-16-5-4-8-25-16)11-14-9-19(26-20-14)17-10-15(23-2)6-7-18(17)24-3/h6-7,9-10,16H,4-5,8,11-12H2,1-3H3/t16-/m1/s1. The van der Waals surface area contributed by atoms with Crippen molar-refractivity contribution in [1.82, 2.24) is 10.1 Å². The fraction of sp³-hybridized carbons (Fsp3) is 0.474. The minimum atomic E-state index is -0.0102. The molecule has 0 aliphatic carbocycles. The quantitative estimate of drug-likeness (QED) is 0.756. The van der Waals surface area contributed by atoms with E-state index in [0.717, 1.165) is 25.0 Å². The van der Waals surface area contributed by atoms with E-state index in [1.807, 2.05) is 24.3 Å². The predicted molar refractivity (Wildman–Crippen MR) is 95.1 cm³/mol. The monoisotopic (exact) mass is 360 g/mol. The molecule has 0 saturated carbocycles.